The zero-order chi connectivity index (χ0) is 13.0. The molecule has 0 atom stereocenters. The fourth-order valence-electron chi connectivity index (χ4n) is 1.36. The third-order valence-corrected chi connectivity index (χ3v) is 3.54. The Morgan fingerprint density at radius 2 is 2.11 bits per heavy atom. The monoisotopic (exact) mass is 268 g/mol. The van der Waals surface area contributed by atoms with E-state index in [-0.39, 0.29) is 0 Å². The van der Waals surface area contributed by atoms with Crippen LogP contribution in [0.3, 0.4) is 0 Å². The number of hydrogen-bond donors (Lipinski definition) is 1. The van der Waals surface area contributed by atoms with E-state index in [1.54, 1.807) is 16.4 Å². The van der Waals surface area contributed by atoms with Gasteiger partial charge in [-0.25, -0.2) is 4.68 Å². The molecule has 18 heavy (non-hydrogen) atoms. The van der Waals surface area contributed by atoms with Crippen LogP contribution in [0.2, 0.25) is 0 Å². The molecule has 9 heteroatoms. The van der Waals surface area contributed by atoms with Crippen molar-refractivity contribution in [3.63, 3.8) is 0 Å². The summed E-state index contributed by atoms with van der Waals surface area (Å²) >= 11 is 1.56. The van der Waals surface area contributed by atoms with Gasteiger partial charge in [-0.1, -0.05) is 11.8 Å². The van der Waals surface area contributed by atoms with Crippen molar-refractivity contribution >= 4 is 11.8 Å². The molecule has 0 aromatic carbocycles. The maximum atomic E-state index is 4.11. The van der Waals surface area contributed by atoms with Crippen LogP contribution in [-0.4, -0.2) is 48.6 Å². The van der Waals surface area contributed by atoms with E-state index in [1.165, 1.54) is 0 Å². The first kappa shape index (κ1) is 13.0. The maximum Gasteiger partial charge on any atom is 0.209 e. The van der Waals surface area contributed by atoms with Gasteiger partial charge in [0.1, 0.15) is 11.6 Å². The Morgan fingerprint density at radius 1 is 1.28 bits per heavy atom. The molecule has 0 aliphatic rings. The molecule has 0 bridgehead atoms. The summed E-state index contributed by atoms with van der Waals surface area (Å²) in [6.45, 7) is 3.52. The first-order valence-corrected chi connectivity index (χ1v) is 6.59. The van der Waals surface area contributed by atoms with E-state index in [4.69, 9.17) is 0 Å². The number of nitrogens with zero attached hydrogens (tertiary/aromatic N) is 7. The molecule has 2 aromatic rings. The van der Waals surface area contributed by atoms with Gasteiger partial charge in [-0.2, -0.15) is 0 Å². The topological polar surface area (TPSA) is 86.3 Å². The number of thioether (sulfide) groups is 1. The van der Waals surface area contributed by atoms with Crippen LogP contribution in [-0.2, 0) is 19.3 Å². The molecule has 8 nitrogen and oxygen atoms in total. The molecule has 2 aromatic heterocycles. The molecular formula is C9H16N8S. The van der Waals surface area contributed by atoms with Crippen molar-refractivity contribution in [2.45, 2.75) is 24.4 Å². The lowest BCUT2D eigenvalue weighted by molar-refractivity contribution is 0.530. The van der Waals surface area contributed by atoms with Crippen molar-refractivity contribution in [1.82, 2.24) is 40.3 Å². The van der Waals surface area contributed by atoms with Gasteiger partial charge in [0.2, 0.25) is 5.16 Å². The predicted octanol–water partition coefficient (Wildman–Crippen LogP) is -0.378. The SMILES string of the molecule is CNCCn1nnnc1SCc1nnc(C)n1C. The van der Waals surface area contributed by atoms with Crippen molar-refractivity contribution in [1.29, 1.82) is 0 Å². The highest BCUT2D eigenvalue weighted by Gasteiger charge is 2.10. The molecule has 2 rings (SSSR count). The van der Waals surface area contributed by atoms with Crippen LogP contribution >= 0.6 is 11.8 Å². The third-order valence-electron chi connectivity index (χ3n) is 2.59. The minimum atomic E-state index is 0.706. The van der Waals surface area contributed by atoms with Crippen molar-refractivity contribution < 1.29 is 0 Å². The smallest absolute Gasteiger partial charge is 0.209 e. The Morgan fingerprint density at radius 3 is 2.78 bits per heavy atom. The fourth-order valence-corrected chi connectivity index (χ4v) is 2.24. The van der Waals surface area contributed by atoms with Gasteiger partial charge in [0, 0.05) is 13.6 Å². The number of rotatable bonds is 6. The Kier molecular flexibility index (Phi) is 4.26. The van der Waals surface area contributed by atoms with Gasteiger partial charge in [-0.3, -0.25) is 0 Å². The molecule has 0 saturated carbocycles. The molecule has 0 fully saturated rings. The zero-order valence-electron chi connectivity index (χ0n) is 10.7. The molecule has 0 saturated heterocycles. The van der Waals surface area contributed by atoms with Crippen LogP contribution in [0.25, 0.3) is 0 Å². The van der Waals surface area contributed by atoms with E-state index >= 15 is 0 Å². The molecule has 0 amide bonds. The lowest BCUT2D eigenvalue weighted by Crippen LogP contribution is -2.16. The van der Waals surface area contributed by atoms with E-state index < -0.39 is 0 Å². The minimum Gasteiger partial charge on any atom is -0.318 e. The van der Waals surface area contributed by atoms with E-state index in [1.807, 2.05) is 25.6 Å². The molecule has 0 spiro atoms. The maximum absolute atomic E-state index is 4.11. The summed E-state index contributed by atoms with van der Waals surface area (Å²) in [7, 11) is 3.86. The standard InChI is InChI=1S/C9H16N8S/c1-7-11-12-8(16(7)3)6-18-9-13-14-15-17(9)5-4-10-2/h10H,4-6H2,1-3H3. The highest BCUT2D eigenvalue weighted by atomic mass is 32.2. The van der Waals surface area contributed by atoms with Crippen molar-refractivity contribution in [3.8, 4) is 0 Å². The third kappa shape index (κ3) is 2.85. The van der Waals surface area contributed by atoms with Gasteiger partial charge in [-0.05, 0) is 24.4 Å². The minimum absolute atomic E-state index is 0.706. The quantitative estimate of drug-likeness (QED) is 0.715. The summed E-state index contributed by atoms with van der Waals surface area (Å²) in [4.78, 5) is 0. The van der Waals surface area contributed by atoms with Gasteiger partial charge < -0.3 is 9.88 Å². The summed E-state index contributed by atoms with van der Waals surface area (Å²) < 4.78 is 3.75. The average molecular weight is 268 g/mol. The largest absolute Gasteiger partial charge is 0.318 e. The molecule has 98 valence electrons. The van der Waals surface area contributed by atoms with Gasteiger partial charge in [0.15, 0.2) is 0 Å². The zero-order valence-corrected chi connectivity index (χ0v) is 11.5. The van der Waals surface area contributed by atoms with E-state index in [0.717, 1.165) is 29.9 Å². The lowest BCUT2D eigenvalue weighted by Gasteiger charge is -2.03. The fraction of sp³-hybridized carbons (Fsp3) is 0.667. The predicted molar refractivity (Wildman–Crippen MR) is 67.0 cm³/mol. The molecular weight excluding hydrogens is 252 g/mol. The second-order valence-corrected chi connectivity index (χ2v) is 4.74. The number of tetrazole rings is 1. The van der Waals surface area contributed by atoms with Crippen LogP contribution in [0.4, 0.5) is 0 Å². The first-order valence-electron chi connectivity index (χ1n) is 5.60. The van der Waals surface area contributed by atoms with Crippen molar-refractivity contribution in [2.75, 3.05) is 13.6 Å². The number of aryl methyl sites for hydroxylation is 1. The number of nitrogens with one attached hydrogen (secondary N) is 1. The molecule has 0 radical (unpaired) electrons. The number of hydrogen-bond acceptors (Lipinski definition) is 7. The normalized spacial score (nSPS) is 11.1. The second-order valence-electron chi connectivity index (χ2n) is 3.80. The van der Waals surface area contributed by atoms with Crippen molar-refractivity contribution in [2.24, 2.45) is 7.05 Å². The highest BCUT2D eigenvalue weighted by Crippen LogP contribution is 2.18. The number of likely N-dealkylation sites (N-methyl/N-ethyl adjacent to an activating group) is 1. The van der Waals surface area contributed by atoms with E-state index in [2.05, 4.69) is 31.0 Å². The second kappa shape index (κ2) is 5.91. The number of aromatic nitrogens is 7. The molecule has 1 N–H and O–H groups in total. The van der Waals surface area contributed by atoms with Gasteiger partial charge in [-0.15, -0.1) is 15.3 Å². The summed E-state index contributed by atoms with van der Waals surface area (Å²) in [6, 6.07) is 0. The van der Waals surface area contributed by atoms with Gasteiger partial charge in [0.25, 0.3) is 0 Å². The Labute approximate surface area is 109 Å². The van der Waals surface area contributed by atoms with E-state index in [9.17, 15) is 0 Å². The highest BCUT2D eigenvalue weighted by molar-refractivity contribution is 7.98. The molecule has 0 aliphatic carbocycles. The van der Waals surface area contributed by atoms with Crippen LogP contribution < -0.4 is 5.32 Å². The van der Waals surface area contributed by atoms with Crippen LogP contribution in [0, 0.1) is 6.92 Å². The van der Waals surface area contributed by atoms with Crippen LogP contribution in [0.1, 0.15) is 11.6 Å². The Bertz CT molecular complexity index is 504. The van der Waals surface area contributed by atoms with Crippen LogP contribution in [0.15, 0.2) is 5.16 Å². The Hall–Kier alpha value is -1.48. The summed E-state index contributed by atoms with van der Waals surface area (Å²) in [5.41, 5.74) is 0. The Balaban J connectivity index is 1.98. The molecule has 2 heterocycles. The summed E-state index contributed by atoms with van der Waals surface area (Å²) in [5, 5.41) is 23.6. The summed E-state index contributed by atoms with van der Waals surface area (Å²) in [5.74, 6) is 2.53. The molecule has 0 unspecified atom stereocenters. The summed E-state index contributed by atoms with van der Waals surface area (Å²) in [6.07, 6.45) is 0. The van der Waals surface area contributed by atoms with Gasteiger partial charge >= 0.3 is 0 Å². The molecule has 0 aliphatic heterocycles. The van der Waals surface area contributed by atoms with E-state index in [0.29, 0.717) is 5.75 Å². The van der Waals surface area contributed by atoms with Crippen molar-refractivity contribution in [3.05, 3.63) is 11.6 Å². The van der Waals surface area contributed by atoms with Gasteiger partial charge in [0.05, 0.1) is 12.3 Å². The van der Waals surface area contributed by atoms with Crippen LogP contribution in [0.5, 0.6) is 0 Å². The lowest BCUT2D eigenvalue weighted by atomic mass is 10.6. The average Bonchev–Trinajstić information content (AvgIpc) is 2.94. The first-order chi connectivity index (χ1) is 8.72.